The summed E-state index contributed by atoms with van der Waals surface area (Å²) >= 11 is 0. The number of rotatable bonds is 6. The highest BCUT2D eigenvalue weighted by molar-refractivity contribution is 7.88. The van der Waals surface area contributed by atoms with E-state index in [1.54, 1.807) is 21.0 Å². The molecule has 0 aromatic carbocycles. The molecule has 0 N–H and O–H groups in total. The maximum Gasteiger partial charge on any atom is 0.225 e. The minimum Gasteiger partial charge on any atom is -0.343 e. The largest absolute Gasteiger partial charge is 0.343 e. The fraction of sp³-hybridized carbons (Fsp3) is 0.895. The van der Waals surface area contributed by atoms with Crippen molar-refractivity contribution >= 4 is 21.8 Å². The molecule has 3 fully saturated rings. The zero-order valence-electron chi connectivity index (χ0n) is 17.2. The number of piperidine rings is 2. The van der Waals surface area contributed by atoms with Gasteiger partial charge >= 0.3 is 0 Å². The second-order valence-electron chi connectivity index (χ2n) is 8.45. The van der Waals surface area contributed by atoms with Crippen LogP contribution in [-0.2, 0) is 19.6 Å². The van der Waals surface area contributed by atoms with E-state index in [0.29, 0.717) is 45.6 Å². The third kappa shape index (κ3) is 5.24. The minimum absolute atomic E-state index is 0.0448. The van der Waals surface area contributed by atoms with Gasteiger partial charge in [0.1, 0.15) is 0 Å². The number of sulfonamides is 1. The van der Waals surface area contributed by atoms with Gasteiger partial charge in [0.15, 0.2) is 0 Å². The standard InChI is InChI=1S/C19H34N4O4S/c1-16(24)21-10-6-17(7-11-21)19(25)22-14-18(15-22)23(28(2,26)27)13-12-20-8-4-3-5-9-20/h17-18H,3-15H2,1-2H3. The average molecular weight is 415 g/mol. The molecule has 3 aliphatic rings. The fourth-order valence-electron chi connectivity index (χ4n) is 4.56. The lowest BCUT2D eigenvalue weighted by molar-refractivity contribution is -0.145. The summed E-state index contributed by atoms with van der Waals surface area (Å²) in [6.45, 7) is 7.16. The van der Waals surface area contributed by atoms with Crippen molar-refractivity contribution in [3.05, 3.63) is 0 Å². The number of nitrogens with zero attached hydrogens (tertiary/aromatic N) is 4. The Kier molecular flexibility index (Phi) is 6.98. The van der Waals surface area contributed by atoms with E-state index in [0.717, 1.165) is 19.6 Å². The molecule has 3 saturated heterocycles. The number of hydrogen-bond acceptors (Lipinski definition) is 5. The third-order valence-corrected chi connectivity index (χ3v) is 7.71. The zero-order valence-corrected chi connectivity index (χ0v) is 18.0. The fourth-order valence-corrected chi connectivity index (χ4v) is 5.65. The highest BCUT2D eigenvalue weighted by Crippen LogP contribution is 2.25. The van der Waals surface area contributed by atoms with Crippen LogP contribution < -0.4 is 0 Å². The van der Waals surface area contributed by atoms with Crippen molar-refractivity contribution in [2.75, 3.05) is 58.6 Å². The molecule has 0 saturated carbocycles. The van der Waals surface area contributed by atoms with E-state index >= 15 is 0 Å². The molecule has 0 aromatic rings. The van der Waals surface area contributed by atoms with Gasteiger partial charge < -0.3 is 14.7 Å². The molecule has 0 aromatic heterocycles. The number of carbonyl (C=O) groups is 2. The van der Waals surface area contributed by atoms with Gasteiger partial charge in [-0.15, -0.1) is 0 Å². The topological polar surface area (TPSA) is 81.2 Å². The summed E-state index contributed by atoms with van der Waals surface area (Å²) in [7, 11) is -3.29. The second kappa shape index (κ2) is 9.09. The van der Waals surface area contributed by atoms with Crippen LogP contribution in [-0.4, -0.2) is 104 Å². The first-order chi connectivity index (χ1) is 13.3. The predicted molar refractivity (Wildman–Crippen MR) is 107 cm³/mol. The summed E-state index contributed by atoms with van der Waals surface area (Å²) in [4.78, 5) is 30.1. The summed E-state index contributed by atoms with van der Waals surface area (Å²) in [5, 5.41) is 0. The molecule has 0 unspecified atom stereocenters. The number of carbonyl (C=O) groups excluding carboxylic acids is 2. The molecule has 3 heterocycles. The van der Waals surface area contributed by atoms with E-state index in [9.17, 15) is 18.0 Å². The molecule has 3 rings (SSSR count). The molecule has 3 aliphatic heterocycles. The van der Waals surface area contributed by atoms with Gasteiger partial charge in [0.05, 0.1) is 12.3 Å². The lowest BCUT2D eigenvalue weighted by atomic mass is 9.93. The molecule has 0 aliphatic carbocycles. The minimum atomic E-state index is -3.29. The summed E-state index contributed by atoms with van der Waals surface area (Å²) < 4.78 is 26.2. The van der Waals surface area contributed by atoms with E-state index in [4.69, 9.17) is 0 Å². The summed E-state index contributed by atoms with van der Waals surface area (Å²) in [5.41, 5.74) is 0. The van der Waals surface area contributed by atoms with E-state index < -0.39 is 10.0 Å². The predicted octanol–water partition coefficient (Wildman–Crippen LogP) is 0.203. The molecule has 2 amide bonds. The van der Waals surface area contributed by atoms with Crippen LogP contribution in [0.2, 0.25) is 0 Å². The Bertz CT molecular complexity index is 663. The Balaban J connectivity index is 1.48. The molecule has 9 heteroatoms. The normalized spacial score (nSPS) is 23.1. The summed E-state index contributed by atoms with van der Waals surface area (Å²) in [5.74, 6) is 0.132. The Morgan fingerprint density at radius 2 is 1.57 bits per heavy atom. The maximum atomic E-state index is 12.7. The number of amides is 2. The molecule has 0 spiro atoms. The molecular formula is C19H34N4O4S. The van der Waals surface area contributed by atoms with Crippen LogP contribution in [0.3, 0.4) is 0 Å². The molecule has 160 valence electrons. The second-order valence-corrected chi connectivity index (χ2v) is 10.4. The number of likely N-dealkylation sites (tertiary alicyclic amines) is 3. The first kappa shape index (κ1) is 21.5. The van der Waals surface area contributed by atoms with Gasteiger partial charge in [0, 0.05) is 52.1 Å². The van der Waals surface area contributed by atoms with E-state index in [1.165, 1.54) is 25.5 Å². The van der Waals surface area contributed by atoms with Crippen molar-refractivity contribution in [2.45, 2.75) is 45.1 Å². The van der Waals surface area contributed by atoms with Crippen molar-refractivity contribution in [2.24, 2.45) is 5.92 Å². The SMILES string of the molecule is CC(=O)N1CCC(C(=O)N2CC(N(CCN3CCCCC3)S(C)(=O)=O)C2)CC1. The highest BCUT2D eigenvalue weighted by Gasteiger charge is 2.41. The lowest BCUT2D eigenvalue weighted by Gasteiger charge is -2.46. The number of hydrogen-bond donors (Lipinski definition) is 0. The van der Waals surface area contributed by atoms with Crippen LogP contribution >= 0.6 is 0 Å². The van der Waals surface area contributed by atoms with Gasteiger partial charge in [-0.05, 0) is 38.8 Å². The van der Waals surface area contributed by atoms with Gasteiger partial charge in [0.2, 0.25) is 21.8 Å². The molecule has 8 nitrogen and oxygen atoms in total. The molecule has 0 bridgehead atoms. The third-order valence-electron chi connectivity index (χ3n) is 6.38. The van der Waals surface area contributed by atoms with Gasteiger partial charge in [-0.25, -0.2) is 8.42 Å². The van der Waals surface area contributed by atoms with Crippen LogP contribution in [0.5, 0.6) is 0 Å². The van der Waals surface area contributed by atoms with E-state index in [-0.39, 0.29) is 23.8 Å². The van der Waals surface area contributed by atoms with Crippen LogP contribution in [0, 0.1) is 5.92 Å². The van der Waals surface area contributed by atoms with Crippen molar-refractivity contribution in [1.82, 2.24) is 19.0 Å². The monoisotopic (exact) mass is 414 g/mol. The van der Waals surface area contributed by atoms with Crippen molar-refractivity contribution in [3.63, 3.8) is 0 Å². The summed E-state index contributed by atoms with van der Waals surface area (Å²) in [6, 6.07) is -0.110. The Morgan fingerprint density at radius 3 is 2.11 bits per heavy atom. The van der Waals surface area contributed by atoms with Crippen LogP contribution in [0.1, 0.15) is 39.0 Å². The Labute approximate surface area is 168 Å². The van der Waals surface area contributed by atoms with Crippen molar-refractivity contribution < 1.29 is 18.0 Å². The smallest absolute Gasteiger partial charge is 0.225 e. The van der Waals surface area contributed by atoms with Gasteiger partial charge in [-0.1, -0.05) is 6.42 Å². The average Bonchev–Trinajstić information content (AvgIpc) is 2.63. The molecule has 28 heavy (non-hydrogen) atoms. The van der Waals surface area contributed by atoms with E-state index in [2.05, 4.69) is 4.90 Å². The van der Waals surface area contributed by atoms with E-state index in [1.807, 2.05) is 0 Å². The Morgan fingerprint density at radius 1 is 0.964 bits per heavy atom. The highest BCUT2D eigenvalue weighted by atomic mass is 32.2. The molecule has 0 atom stereocenters. The maximum absolute atomic E-state index is 12.7. The zero-order chi connectivity index (χ0) is 20.3. The van der Waals surface area contributed by atoms with Crippen LogP contribution in [0.4, 0.5) is 0 Å². The summed E-state index contributed by atoms with van der Waals surface area (Å²) in [6.07, 6.45) is 6.30. The quantitative estimate of drug-likeness (QED) is 0.620. The molecule has 0 radical (unpaired) electrons. The van der Waals surface area contributed by atoms with Gasteiger partial charge in [-0.2, -0.15) is 4.31 Å². The first-order valence-corrected chi connectivity index (χ1v) is 12.3. The van der Waals surface area contributed by atoms with Crippen molar-refractivity contribution in [3.8, 4) is 0 Å². The van der Waals surface area contributed by atoms with Crippen molar-refractivity contribution in [1.29, 1.82) is 0 Å². The first-order valence-electron chi connectivity index (χ1n) is 10.5. The molecular weight excluding hydrogens is 380 g/mol. The van der Waals surface area contributed by atoms with Gasteiger partial charge in [0.25, 0.3) is 0 Å². The Hall–Kier alpha value is -1.19. The van der Waals surface area contributed by atoms with Crippen LogP contribution in [0.15, 0.2) is 0 Å². The van der Waals surface area contributed by atoms with Crippen LogP contribution in [0.25, 0.3) is 0 Å². The lowest BCUT2D eigenvalue weighted by Crippen LogP contribution is -2.64. The van der Waals surface area contributed by atoms with Gasteiger partial charge in [-0.3, -0.25) is 9.59 Å².